The van der Waals surface area contributed by atoms with E-state index in [1.165, 1.54) is 11.0 Å². The highest BCUT2D eigenvalue weighted by molar-refractivity contribution is 5.99. The van der Waals surface area contributed by atoms with Crippen molar-refractivity contribution in [3.63, 3.8) is 0 Å². The highest BCUT2D eigenvalue weighted by Crippen LogP contribution is 2.39. The van der Waals surface area contributed by atoms with E-state index in [4.69, 9.17) is 9.15 Å². The lowest BCUT2D eigenvalue weighted by Crippen LogP contribution is -2.36. The van der Waals surface area contributed by atoms with Crippen LogP contribution in [0.15, 0.2) is 57.7 Å². The Hall–Kier alpha value is -2.99. The molecule has 0 N–H and O–H groups in total. The minimum absolute atomic E-state index is 0.00468. The Kier molecular flexibility index (Phi) is 4.02. The molecule has 0 unspecified atom stereocenters. The second-order valence-corrected chi connectivity index (χ2v) is 7.19. The summed E-state index contributed by atoms with van der Waals surface area (Å²) in [6.45, 7) is 0.933. The fourth-order valence-electron chi connectivity index (χ4n) is 4.18. The van der Waals surface area contributed by atoms with Crippen molar-refractivity contribution in [3.8, 4) is 0 Å². The van der Waals surface area contributed by atoms with Crippen LogP contribution in [0, 0.1) is 5.82 Å². The number of carbonyl (C=O) groups excluding carboxylic acids is 1. The number of para-hydroxylation sites is 1. The molecule has 1 amide bonds. The third-order valence-corrected chi connectivity index (χ3v) is 5.50. The number of hydrogen-bond donors (Lipinski definition) is 0. The van der Waals surface area contributed by atoms with Gasteiger partial charge in [0.15, 0.2) is 5.43 Å². The second kappa shape index (κ2) is 6.56. The Morgan fingerprint density at radius 1 is 1.07 bits per heavy atom. The van der Waals surface area contributed by atoms with Gasteiger partial charge in [0, 0.05) is 18.7 Å². The van der Waals surface area contributed by atoms with Gasteiger partial charge in [-0.2, -0.15) is 0 Å². The number of nitrogens with zero attached hydrogens (tertiary/aromatic N) is 1. The molecule has 0 aliphatic carbocycles. The SMILES string of the molecule is O=C1c2oc3ccccc3c(=O)c2[C@@H](c2ccccc2F)N1C[C@H]1CCCO1. The summed E-state index contributed by atoms with van der Waals surface area (Å²) in [6.07, 6.45) is 1.62. The Labute approximate surface area is 160 Å². The smallest absolute Gasteiger partial charge is 0.291 e. The van der Waals surface area contributed by atoms with E-state index in [0.717, 1.165) is 12.8 Å². The Morgan fingerprint density at radius 3 is 2.64 bits per heavy atom. The molecule has 0 saturated carbocycles. The summed E-state index contributed by atoms with van der Waals surface area (Å²) in [5.41, 5.74) is 0.543. The van der Waals surface area contributed by atoms with Crippen molar-refractivity contribution < 1.29 is 18.3 Å². The third kappa shape index (κ3) is 2.56. The fourth-order valence-corrected chi connectivity index (χ4v) is 4.18. The van der Waals surface area contributed by atoms with Crippen LogP contribution in [0.3, 0.4) is 0 Å². The van der Waals surface area contributed by atoms with Crippen LogP contribution in [-0.4, -0.2) is 30.1 Å². The van der Waals surface area contributed by atoms with Gasteiger partial charge < -0.3 is 14.1 Å². The summed E-state index contributed by atoms with van der Waals surface area (Å²) in [5.74, 6) is -0.866. The first-order valence-corrected chi connectivity index (χ1v) is 9.38. The molecule has 0 bridgehead atoms. The van der Waals surface area contributed by atoms with E-state index in [-0.39, 0.29) is 35.0 Å². The molecule has 1 aromatic heterocycles. The van der Waals surface area contributed by atoms with Gasteiger partial charge in [0.1, 0.15) is 11.4 Å². The monoisotopic (exact) mass is 379 g/mol. The molecule has 0 radical (unpaired) electrons. The molecule has 142 valence electrons. The molecule has 2 atom stereocenters. The van der Waals surface area contributed by atoms with Gasteiger partial charge in [0.05, 0.1) is 23.1 Å². The summed E-state index contributed by atoms with van der Waals surface area (Å²) in [6, 6.07) is 12.2. The number of hydrogen-bond acceptors (Lipinski definition) is 4. The molecule has 2 aliphatic rings. The molecule has 3 heterocycles. The summed E-state index contributed by atoms with van der Waals surface area (Å²) in [5, 5.41) is 0.384. The van der Waals surface area contributed by atoms with Gasteiger partial charge in [0.25, 0.3) is 5.91 Å². The molecule has 1 saturated heterocycles. The lowest BCUT2D eigenvalue weighted by Gasteiger charge is -2.27. The van der Waals surface area contributed by atoms with E-state index >= 15 is 0 Å². The van der Waals surface area contributed by atoms with E-state index < -0.39 is 17.8 Å². The summed E-state index contributed by atoms with van der Waals surface area (Å²) in [4.78, 5) is 28.0. The standard InChI is InChI=1S/C22H18FNO4/c23-16-9-3-1-7-14(16)19-18-20(25)15-8-2-4-10-17(15)28-21(18)22(26)24(19)12-13-6-5-11-27-13/h1-4,7-10,13,19H,5-6,11-12H2/t13-,19-/m1/s1. The zero-order chi connectivity index (χ0) is 19.3. The Balaban J connectivity index is 1.73. The minimum Gasteiger partial charge on any atom is -0.450 e. The first kappa shape index (κ1) is 17.1. The third-order valence-electron chi connectivity index (χ3n) is 5.50. The maximum absolute atomic E-state index is 14.7. The molecule has 5 nitrogen and oxygen atoms in total. The van der Waals surface area contributed by atoms with Crippen LogP contribution in [0.4, 0.5) is 4.39 Å². The number of amides is 1. The Bertz CT molecular complexity index is 1130. The van der Waals surface area contributed by atoms with Crippen LogP contribution < -0.4 is 5.43 Å². The van der Waals surface area contributed by atoms with Crippen LogP contribution >= 0.6 is 0 Å². The number of rotatable bonds is 3. The predicted octanol–water partition coefficient (Wildman–Crippen LogP) is 3.66. The number of ether oxygens (including phenoxy) is 1. The lowest BCUT2D eigenvalue weighted by molar-refractivity contribution is 0.0483. The van der Waals surface area contributed by atoms with Crippen molar-refractivity contribution in [1.29, 1.82) is 0 Å². The zero-order valence-electron chi connectivity index (χ0n) is 15.1. The van der Waals surface area contributed by atoms with E-state index in [0.29, 0.717) is 17.6 Å². The second-order valence-electron chi connectivity index (χ2n) is 7.19. The average Bonchev–Trinajstić information content (AvgIpc) is 3.31. The number of carbonyl (C=O) groups is 1. The molecule has 2 aromatic carbocycles. The predicted molar refractivity (Wildman–Crippen MR) is 101 cm³/mol. The van der Waals surface area contributed by atoms with Crippen molar-refractivity contribution >= 4 is 16.9 Å². The summed E-state index contributed by atoms with van der Waals surface area (Å²) in [7, 11) is 0. The molecule has 1 fully saturated rings. The molecule has 6 heteroatoms. The van der Waals surface area contributed by atoms with E-state index in [1.54, 1.807) is 42.5 Å². The summed E-state index contributed by atoms with van der Waals surface area (Å²) >= 11 is 0. The first-order valence-electron chi connectivity index (χ1n) is 9.38. The van der Waals surface area contributed by atoms with Gasteiger partial charge in [-0.3, -0.25) is 9.59 Å². The van der Waals surface area contributed by atoms with E-state index in [9.17, 15) is 14.0 Å². The fraction of sp³-hybridized carbons (Fsp3) is 0.273. The molecule has 3 aromatic rings. The van der Waals surface area contributed by atoms with E-state index in [2.05, 4.69) is 0 Å². The number of benzene rings is 2. The molecule has 2 aliphatic heterocycles. The quantitative estimate of drug-likeness (QED) is 0.697. The van der Waals surface area contributed by atoms with Crippen molar-refractivity contribution in [2.24, 2.45) is 0 Å². The molecular formula is C22H18FNO4. The van der Waals surface area contributed by atoms with Crippen LogP contribution in [0.1, 0.15) is 40.6 Å². The molecule has 5 rings (SSSR count). The topological polar surface area (TPSA) is 59.8 Å². The van der Waals surface area contributed by atoms with Crippen LogP contribution in [0.2, 0.25) is 0 Å². The highest BCUT2D eigenvalue weighted by Gasteiger charge is 2.44. The van der Waals surface area contributed by atoms with Crippen molar-refractivity contribution in [2.45, 2.75) is 25.0 Å². The molecular weight excluding hydrogens is 361 g/mol. The van der Waals surface area contributed by atoms with Crippen molar-refractivity contribution in [1.82, 2.24) is 4.90 Å². The largest absolute Gasteiger partial charge is 0.450 e. The van der Waals surface area contributed by atoms with Gasteiger partial charge in [-0.15, -0.1) is 0 Å². The van der Waals surface area contributed by atoms with Gasteiger partial charge in [0.2, 0.25) is 5.76 Å². The van der Waals surface area contributed by atoms with E-state index in [1.807, 2.05) is 0 Å². The molecule has 0 spiro atoms. The van der Waals surface area contributed by atoms with Crippen LogP contribution in [0.5, 0.6) is 0 Å². The normalized spacial score (nSPS) is 21.5. The minimum atomic E-state index is -0.825. The Morgan fingerprint density at radius 2 is 1.86 bits per heavy atom. The molecule has 28 heavy (non-hydrogen) atoms. The van der Waals surface area contributed by atoms with Crippen LogP contribution in [0.25, 0.3) is 11.0 Å². The van der Waals surface area contributed by atoms with Crippen LogP contribution in [-0.2, 0) is 4.74 Å². The van der Waals surface area contributed by atoms with Gasteiger partial charge in [-0.25, -0.2) is 4.39 Å². The summed E-state index contributed by atoms with van der Waals surface area (Å²) < 4.78 is 26.2. The van der Waals surface area contributed by atoms with Crippen molar-refractivity contribution in [3.05, 3.63) is 81.5 Å². The van der Waals surface area contributed by atoms with Gasteiger partial charge >= 0.3 is 0 Å². The first-order chi connectivity index (χ1) is 13.6. The number of halogens is 1. The lowest BCUT2D eigenvalue weighted by atomic mass is 9.98. The average molecular weight is 379 g/mol. The highest BCUT2D eigenvalue weighted by atomic mass is 19.1. The maximum atomic E-state index is 14.7. The van der Waals surface area contributed by atoms with Gasteiger partial charge in [-0.1, -0.05) is 30.3 Å². The van der Waals surface area contributed by atoms with Crippen molar-refractivity contribution in [2.75, 3.05) is 13.2 Å². The zero-order valence-corrected chi connectivity index (χ0v) is 15.1. The van der Waals surface area contributed by atoms with Gasteiger partial charge in [-0.05, 0) is 31.0 Å². The number of fused-ring (bicyclic) bond motifs is 2. The maximum Gasteiger partial charge on any atom is 0.291 e.